The summed E-state index contributed by atoms with van der Waals surface area (Å²) in [4.78, 5) is 14.1. The smallest absolute Gasteiger partial charge is 0.356 e. The third kappa shape index (κ3) is 5.75. The molecular weight excluding hydrogens is 407 g/mol. The van der Waals surface area contributed by atoms with Crippen molar-refractivity contribution in [3.8, 4) is 0 Å². The van der Waals surface area contributed by atoms with Gasteiger partial charge >= 0.3 is 6.18 Å². The summed E-state index contributed by atoms with van der Waals surface area (Å²) in [6.45, 7) is 2.83. The molecule has 7 nitrogen and oxygen atoms in total. The Morgan fingerprint density at radius 3 is 2.90 bits per heavy atom. The molecule has 0 radical (unpaired) electrons. The van der Waals surface area contributed by atoms with Gasteiger partial charge in [-0.3, -0.25) is 4.99 Å². The van der Waals surface area contributed by atoms with Gasteiger partial charge in [-0.15, -0.1) is 0 Å². The fourth-order valence-electron chi connectivity index (χ4n) is 3.16. The summed E-state index contributed by atoms with van der Waals surface area (Å²) >= 11 is 6.06. The molecule has 0 aliphatic carbocycles. The van der Waals surface area contributed by atoms with Crippen LogP contribution < -0.4 is 15.5 Å². The summed E-state index contributed by atoms with van der Waals surface area (Å²) in [5.41, 5.74) is -0.847. The van der Waals surface area contributed by atoms with Crippen LogP contribution in [0.25, 0.3) is 0 Å². The number of rotatable bonds is 6. The van der Waals surface area contributed by atoms with Gasteiger partial charge in [0.15, 0.2) is 5.96 Å². The van der Waals surface area contributed by atoms with Crippen molar-refractivity contribution in [1.29, 1.82) is 0 Å². The molecule has 1 aliphatic rings. The van der Waals surface area contributed by atoms with Gasteiger partial charge in [0, 0.05) is 57.9 Å². The zero-order chi connectivity index (χ0) is 20.9. The van der Waals surface area contributed by atoms with Crippen molar-refractivity contribution < 1.29 is 13.2 Å². The Kier molecular flexibility index (Phi) is 6.83. The van der Waals surface area contributed by atoms with Crippen LogP contribution in [0, 0.1) is 0 Å². The maximum Gasteiger partial charge on any atom is 0.417 e. The SMILES string of the molecule is CN=C(NCCCn1ccnc1)NC1CCN(c2ncc(C(F)(F)F)cc2Cl)C1. The molecule has 1 fully saturated rings. The highest BCUT2D eigenvalue weighted by atomic mass is 35.5. The summed E-state index contributed by atoms with van der Waals surface area (Å²) in [6, 6.07) is 1.01. The van der Waals surface area contributed by atoms with Crippen LogP contribution in [-0.4, -0.2) is 53.2 Å². The van der Waals surface area contributed by atoms with Gasteiger partial charge in [0.1, 0.15) is 5.82 Å². The van der Waals surface area contributed by atoms with Crippen LogP contribution in [0.5, 0.6) is 0 Å². The van der Waals surface area contributed by atoms with Crippen molar-refractivity contribution in [2.24, 2.45) is 4.99 Å². The van der Waals surface area contributed by atoms with Crippen LogP contribution in [0.15, 0.2) is 36.0 Å². The quantitative estimate of drug-likeness (QED) is 0.420. The zero-order valence-electron chi connectivity index (χ0n) is 16.0. The number of aliphatic imine (C=N–C) groups is 1. The highest BCUT2D eigenvalue weighted by Crippen LogP contribution is 2.34. The van der Waals surface area contributed by atoms with Gasteiger partial charge in [0.2, 0.25) is 0 Å². The first-order chi connectivity index (χ1) is 13.9. The molecule has 0 spiro atoms. The lowest BCUT2D eigenvalue weighted by atomic mass is 10.2. The minimum Gasteiger partial charge on any atom is -0.356 e. The summed E-state index contributed by atoms with van der Waals surface area (Å²) in [5, 5.41) is 6.61. The number of pyridine rings is 1. The number of nitrogens with zero attached hydrogens (tertiary/aromatic N) is 5. The van der Waals surface area contributed by atoms with Crippen molar-refractivity contribution in [3.05, 3.63) is 41.6 Å². The lowest BCUT2D eigenvalue weighted by molar-refractivity contribution is -0.137. The van der Waals surface area contributed by atoms with Gasteiger partial charge in [0.25, 0.3) is 0 Å². The number of halogens is 4. The molecule has 0 amide bonds. The molecule has 29 heavy (non-hydrogen) atoms. The predicted molar refractivity (Wildman–Crippen MR) is 106 cm³/mol. The molecular formula is C18H23ClF3N7. The van der Waals surface area contributed by atoms with Crippen molar-refractivity contribution in [3.63, 3.8) is 0 Å². The fourth-order valence-corrected chi connectivity index (χ4v) is 3.45. The Morgan fingerprint density at radius 2 is 2.24 bits per heavy atom. The van der Waals surface area contributed by atoms with Crippen molar-refractivity contribution >= 4 is 23.4 Å². The van der Waals surface area contributed by atoms with Crippen LogP contribution >= 0.6 is 11.6 Å². The molecule has 3 heterocycles. The Bertz CT molecular complexity index is 823. The molecule has 2 aromatic rings. The van der Waals surface area contributed by atoms with Gasteiger partial charge in [0.05, 0.1) is 16.9 Å². The number of nitrogens with one attached hydrogen (secondary N) is 2. The van der Waals surface area contributed by atoms with E-state index in [0.717, 1.165) is 38.2 Å². The summed E-state index contributed by atoms with van der Waals surface area (Å²) in [6.07, 6.45) is 3.52. The molecule has 1 saturated heterocycles. The minimum absolute atomic E-state index is 0.00230. The second kappa shape index (κ2) is 9.34. The van der Waals surface area contributed by atoms with Gasteiger partial charge in [-0.05, 0) is 18.9 Å². The third-order valence-electron chi connectivity index (χ3n) is 4.65. The average Bonchev–Trinajstić information content (AvgIpc) is 3.35. The van der Waals surface area contributed by atoms with Gasteiger partial charge < -0.3 is 20.1 Å². The molecule has 2 aromatic heterocycles. The van der Waals surface area contributed by atoms with E-state index in [2.05, 4.69) is 25.6 Å². The Balaban J connectivity index is 1.48. The highest BCUT2D eigenvalue weighted by molar-refractivity contribution is 6.33. The van der Waals surface area contributed by atoms with Gasteiger partial charge in [-0.25, -0.2) is 9.97 Å². The molecule has 2 N–H and O–H groups in total. The number of hydrogen-bond donors (Lipinski definition) is 2. The van der Waals surface area contributed by atoms with E-state index in [9.17, 15) is 13.2 Å². The number of guanidine groups is 1. The van der Waals surface area contributed by atoms with Gasteiger partial charge in [-0.1, -0.05) is 11.6 Å². The van der Waals surface area contributed by atoms with E-state index in [0.29, 0.717) is 24.9 Å². The van der Waals surface area contributed by atoms with Crippen LogP contribution in [-0.2, 0) is 12.7 Å². The van der Waals surface area contributed by atoms with Crippen LogP contribution in [0.2, 0.25) is 5.02 Å². The molecule has 11 heteroatoms. The number of imidazole rings is 1. The zero-order valence-corrected chi connectivity index (χ0v) is 16.7. The maximum atomic E-state index is 12.8. The Labute approximate surface area is 172 Å². The largest absolute Gasteiger partial charge is 0.417 e. The molecule has 1 unspecified atom stereocenters. The monoisotopic (exact) mass is 429 g/mol. The standard InChI is InChI=1S/C18H23ClF3N7/c1-23-17(25-4-2-6-28-8-5-24-12-28)27-14-3-7-29(11-14)16-15(19)9-13(10-26-16)18(20,21)22/h5,8-10,12,14H,2-4,6-7,11H2,1H3,(H2,23,25,27). The highest BCUT2D eigenvalue weighted by Gasteiger charge is 2.33. The molecule has 0 saturated carbocycles. The summed E-state index contributed by atoms with van der Waals surface area (Å²) in [7, 11) is 1.70. The Hall–Kier alpha value is -2.49. The van der Waals surface area contributed by atoms with Crippen molar-refractivity contribution in [2.45, 2.75) is 31.6 Å². The van der Waals surface area contributed by atoms with E-state index in [1.807, 2.05) is 15.7 Å². The van der Waals surface area contributed by atoms with Crippen LogP contribution in [0.1, 0.15) is 18.4 Å². The predicted octanol–water partition coefficient (Wildman–Crippen LogP) is 2.78. The number of alkyl halides is 3. The molecule has 0 bridgehead atoms. The fraction of sp³-hybridized carbons (Fsp3) is 0.500. The number of aryl methyl sites for hydroxylation is 1. The first-order valence-electron chi connectivity index (χ1n) is 9.27. The molecule has 1 atom stereocenters. The van der Waals surface area contributed by atoms with Crippen LogP contribution in [0.3, 0.4) is 0 Å². The van der Waals surface area contributed by atoms with E-state index in [1.165, 1.54) is 0 Å². The first-order valence-corrected chi connectivity index (χ1v) is 9.65. The van der Waals surface area contributed by atoms with Gasteiger partial charge in [-0.2, -0.15) is 13.2 Å². The minimum atomic E-state index is -4.46. The first kappa shape index (κ1) is 21.2. The number of hydrogen-bond acceptors (Lipinski definition) is 4. The lowest BCUT2D eigenvalue weighted by Gasteiger charge is -2.21. The maximum absolute atomic E-state index is 12.8. The molecule has 0 aromatic carbocycles. The molecule has 158 valence electrons. The van der Waals surface area contributed by atoms with Crippen molar-refractivity contribution in [2.75, 3.05) is 31.6 Å². The average molecular weight is 430 g/mol. The second-order valence-corrected chi connectivity index (χ2v) is 7.16. The van der Waals surface area contributed by atoms with E-state index in [-0.39, 0.29) is 11.1 Å². The van der Waals surface area contributed by atoms with E-state index in [1.54, 1.807) is 19.6 Å². The van der Waals surface area contributed by atoms with E-state index in [4.69, 9.17) is 11.6 Å². The van der Waals surface area contributed by atoms with Crippen LogP contribution in [0.4, 0.5) is 19.0 Å². The molecule has 3 rings (SSSR count). The van der Waals surface area contributed by atoms with E-state index < -0.39 is 11.7 Å². The third-order valence-corrected chi connectivity index (χ3v) is 4.92. The summed E-state index contributed by atoms with van der Waals surface area (Å²) in [5.74, 6) is 1.06. The lowest BCUT2D eigenvalue weighted by Crippen LogP contribution is -2.45. The number of aromatic nitrogens is 3. The topological polar surface area (TPSA) is 70.4 Å². The molecule has 1 aliphatic heterocycles. The normalized spacial score (nSPS) is 17.6. The van der Waals surface area contributed by atoms with E-state index >= 15 is 0 Å². The summed E-state index contributed by atoms with van der Waals surface area (Å²) < 4.78 is 40.4. The van der Waals surface area contributed by atoms with Crippen molar-refractivity contribution in [1.82, 2.24) is 25.2 Å². The second-order valence-electron chi connectivity index (χ2n) is 6.76. The Morgan fingerprint density at radius 1 is 1.41 bits per heavy atom. The number of anilines is 1.